The van der Waals surface area contributed by atoms with Gasteiger partial charge in [-0.2, -0.15) is 0 Å². The molecule has 0 spiro atoms. The van der Waals surface area contributed by atoms with Gasteiger partial charge in [0, 0.05) is 39.3 Å². The van der Waals surface area contributed by atoms with Crippen LogP contribution in [0.3, 0.4) is 0 Å². The van der Waals surface area contributed by atoms with Gasteiger partial charge in [-0.05, 0) is 43.4 Å². The lowest BCUT2D eigenvalue weighted by Gasteiger charge is -2.38. The number of likely N-dealkylation sites (N-methyl/N-ethyl adjacent to an activating group) is 2. The Morgan fingerprint density at radius 1 is 1.15 bits per heavy atom. The predicted molar refractivity (Wildman–Crippen MR) is 126 cm³/mol. The standard InChI is InChI=1S/C21H31N5.HI/c1-16(18-10-9-17-7-5-6-8-19(17)13-18)24-21(22-2)23-14-20-15-25(3)11-12-26(20)4;/h5-10,13,16,20H,11-12,14-15H2,1-4H3,(H2,22,23,24);1H. The van der Waals surface area contributed by atoms with E-state index in [-0.39, 0.29) is 30.0 Å². The van der Waals surface area contributed by atoms with Gasteiger partial charge in [0.15, 0.2) is 5.96 Å². The maximum atomic E-state index is 4.41. The third-order valence-corrected chi connectivity index (χ3v) is 5.34. The fraction of sp³-hybridized carbons (Fsp3) is 0.476. The Morgan fingerprint density at radius 3 is 2.63 bits per heavy atom. The molecule has 0 bridgehead atoms. The summed E-state index contributed by atoms with van der Waals surface area (Å²) in [5.41, 5.74) is 1.26. The minimum atomic E-state index is 0. The first-order valence-electron chi connectivity index (χ1n) is 9.41. The molecule has 2 aromatic carbocycles. The number of guanidine groups is 1. The average molecular weight is 481 g/mol. The van der Waals surface area contributed by atoms with Crippen LogP contribution in [0.4, 0.5) is 0 Å². The molecule has 2 atom stereocenters. The summed E-state index contributed by atoms with van der Waals surface area (Å²) in [6.07, 6.45) is 0. The summed E-state index contributed by atoms with van der Waals surface area (Å²) in [7, 11) is 6.22. The van der Waals surface area contributed by atoms with Crippen LogP contribution in [0.1, 0.15) is 18.5 Å². The molecule has 27 heavy (non-hydrogen) atoms. The molecule has 0 amide bonds. The monoisotopic (exact) mass is 481 g/mol. The van der Waals surface area contributed by atoms with Crippen molar-refractivity contribution < 1.29 is 0 Å². The van der Waals surface area contributed by atoms with Crippen molar-refractivity contribution in [2.24, 2.45) is 4.99 Å². The molecule has 1 saturated heterocycles. The molecule has 0 aliphatic carbocycles. The fourth-order valence-corrected chi connectivity index (χ4v) is 3.50. The lowest BCUT2D eigenvalue weighted by Crippen LogP contribution is -2.55. The Morgan fingerprint density at radius 2 is 1.89 bits per heavy atom. The largest absolute Gasteiger partial charge is 0.355 e. The van der Waals surface area contributed by atoms with Gasteiger partial charge in [-0.1, -0.05) is 36.4 Å². The van der Waals surface area contributed by atoms with Gasteiger partial charge in [0.25, 0.3) is 0 Å². The molecule has 0 aromatic heterocycles. The second-order valence-corrected chi connectivity index (χ2v) is 7.32. The highest BCUT2D eigenvalue weighted by atomic mass is 127. The molecular formula is C21H32IN5. The van der Waals surface area contributed by atoms with Crippen molar-refractivity contribution in [2.75, 3.05) is 47.3 Å². The van der Waals surface area contributed by atoms with E-state index in [1.165, 1.54) is 16.3 Å². The maximum absolute atomic E-state index is 4.41. The van der Waals surface area contributed by atoms with Crippen LogP contribution in [-0.4, -0.2) is 69.1 Å². The highest BCUT2D eigenvalue weighted by Gasteiger charge is 2.22. The summed E-state index contributed by atoms with van der Waals surface area (Å²) < 4.78 is 0. The Balaban J connectivity index is 0.00000261. The average Bonchev–Trinajstić information content (AvgIpc) is 2.66. The number of rotatable bonds is 4. The molecule has 1 aliphatic heterocycles. The first kappa shape index (κ1) is 21.9. The summed E-state index contributed by atoms with van der Waals surface area (Å²) in [6.45, 7) is 6.41. The van der Waals surface area contributed by atoms with E-state index >= 15 is 0 Å². The van der Waals surface area contributed by atoms with Crippen molar-refractivity contribution >= 4 is 40.7 Å². The van der Waals surface area contributed by atoms with Crippen LogP contribution < -0.4 is 10.6 Å². The summed E-state index contributed by atoms with van der Waals surface area (Å²) in [5.74, 6) is 0.854. The van der Waals surface area contributed by atoms with Crippen LogP contribution in [0, 0.1) is 0 Å². The van der Waals surface area contributed by atoms with E-state index in [4.69, 9.17) is 0 Å². The number of halogens is 1. The third kappa shape index (κ3) is 5.80. The molecule has 6 heteroatoms. The number of hydrogen-bond acceptors (Lipinski definition) is 3. The third-order valence-electron chi connectivity index (χ3n) is 5.34. The second-order valence-electron chi connectivity index (χ2n) is 7.32. The maximum Gasteiger partial charge on any atom is 0.191 e. The molecular weight excluding hydrogens is 449 g/mol. The summed E-state index contributed by atoms with van der Waals surface area (Å²) >= 11 is 0. The first-order valence-corrected chi connectivity index (χ1v) is 9.41. The van der Waals surface area contributed by atoms with E-state index in [1.807, 2.05) is 7.05 Å². The van der Waals surface area contributed by atoms with E-state index in [0.717, 1.165) is 32.1 Å². The molecule has 5 nitrogen and oxygen atoms in total. The van der Waals surface area contributed by atoms with Crippen molar-refractivity contribution in [1.29, 1.82) is 0 Å². The Kier molecular flexibility index (Phi) is 8.31. The van der Waals surface area contributed by atoms with Gasteiger partial charge in [0.2, 0.25) is 0 Å². The summed E-state index contributed by atoms with van der Waals surface area (Å²) in [4.78, 5) is 9.22. The molecule has 2 N–H and O–H groups in total. The zero-order chi connectivity index (χ0) is 18.5. The van der Waals surface area contributed by atoms with Crippen molar-refractivity contribution in [2.45, 2.75) is 19.0 Å². The van der Waals surface area contributed by atoms with Crippen LogP contribution in [0.25, 0.3) is 10.8 Å². The minimum Gasteiger partial charge on any atom is -0.355 e. The van der Waals surface area contributed by atoms with E-state index in [9.17, 15) is 0 Å². The molecule has 2 unspecified atom stereocenters. The van der Waals surface area contributed by atoms with Gasteiger partial charge in [0.05, 0.1) is 6.04 Å². The number of aliphatic imine (C=N–C) groups is 1. The van der Waals surface area contributed by atoms with Crippen molar-refractivity contribution in [3.8, 4) is 0 Å². The van der Waals surface area contributed by atoms with Gasteiger partial charge in [-0.3, -0.25) is 9.89 Å². The molecule has 0 radical (unpaired) electrons. The molecule has 1 fully saturated rings. The molecule has 0 saturated carbocycles. The number of nitrogens with one attached hydrogen (secondary N) is 2. The lowest BCUT2D eigenvalue weighted by atomic mass is 10.0. The number of benzene rings is 2. The first-order chi connectivity index (χ1) is 12.6. The summed E-state index contributed by atoms with van der Waals surface area (Å²) in [5, 5.41) is 9.56. The van der Waals surface area contributed by atoms with Gasteiger partial charge in [-0.25, -0.2) is 0 Å². The zero-order valence-corrected chi connectivity index (χ0v) is 19.1. The van der Waals surface area contributed by atoms with Gasteiger partial charge >= 0.3 is 0 Å². The Bertz CT molecular complexity index is 763. The Labute approximate surface area is 180 Å². The SMILES string of the molecule is CN=C(NCC1CN(C)CCN1C)NC(C)c1ccc2ccccc2c1.I. The Hall–Kier alpha value is -1.38. The zero-order valence-electron chi connectivity index (χ0n) is 16.8. The van der Waals surface area contributed by atoms with Crippen molar-refractivity contribution in [3.63, 3.8) is 0 Å². The highest BCUT2D eigenvalue weighted by molar-refractivity contribution is 14.0. The topological polar surface area (TPSA) is 42.9 Å². The predicted octanol–water partition coefficient (Wildman–Crippen LogP) is 2.93. The van der Waals surface area contributed by atoms with Gasteiger partial charge in [0.1, 0.15) is 0 Å². The van der Waals surface area contributed by atoms with Crippen LogP contribution >= 0.6 is 24.0 Å². The number of piperazine rings is 1. The van der Waals surface area contributed by atoms with Gasteiger partial charge < -0.3 is 15.5 Å². The van der Waals surface area contributed by atoms with Crippen LogP contribution in [0.2, 0.25) is 0 Å². The minimum absolute atomic E-state index is 0. The lowest BCUT2D eigenvalue weighted by molar-refractivity contribution is 0.116. The summed E-state index contributed by atoms with van der Waals surface area (Å²) in [6, 6.07) is 15.8. The van der Waals surface area contributed by atoms with E-state index < -0.39 is 0 Å². The quantitative estimate of drug-likeness (QED) is 0.401. The van der Waals surface area contributed by atoms with E-state index in [1.54, 1.807) is 0 Å². The highest BCUT2D eigenvalue weighted by Crippen LogP contribution is 2.20. The number of hydrogen-bond donors (Lipinski definition) is 2. The molecule has 2 aromatic rings. The van der Waals surface area contributed by atoms with E-state index in [2.05, 4.69) is 88.9 Å². The second kappa shape index (κ2) is 10.2. The van der Waals surface area contributed by atoms with Crippen molar-refractivity contribution in [3.05, 3.63) is 48.0 Å². The van der Waals surface area contributed by atoms with Gasteiger partial charge in [-0.15, -0.1) is 24.0 Å². The smallest absolute Gasteiger partial charge is 0.191 e. The van der Waals surface area contributed by atoms with Crippen LogP contribution in [-0.2, 0) is 0 Å². The molecule has 148 valence electrons. The number of fused-ring (bicyclic) bond motifs is 1. The van der Waals surface area contributed by atoms with Crippen molar-refractivity contribution in [1.82, 2.24) is 20.4 Å². The number of nitrogens with zero attached hydrogens (tertiary/aromatic N) is 3. The molecule has 3 rings (SSSR count). The molecule has 1 aliphatic rings. The van der Waals surface area contributed by atoms with E-state index in [0.29, 0.717) is 6.04 Å². The van der Waals surface area contributed by atoms with Crippen LogP contribution in [0.15, 0.2) is 47.5 Å². The fourth-order valence-electron chi connectivity index (χ4n) is 3.50. The normalized spacial score (nSPS) is 20.1. The van der Waals surface area contributed by atoms with Crippen LogP contribution in [0.5, 0.6) is 0 Å². The molecule has 1 heterocycles.